The van der Waals surface area contributed by atoms with E-state index in [0.717, 1.165) is 109 Å². The number of hydrogen-bond donors (Lipinski definition) is 0. The third kappa shape index (κ3) is 47.8. The van der Waals surface area contributed by atoms with Gasteiger partial charge in [-0.2, -0.15) is 0 Å². The first-order chi connectivity index (χ1) is 29.6. The van der Waals surface area contributed by atoms with Crippen molar-refractivity contribution in [3.8, 4) is 0 Å². The molecule has 60 heavy (non-hydrogen) atoms. The van der Waals surface area contributed by atoms with Crippen LogP contribution in [-0.4, -0.2) is 37.9 Å². The number of unbranched alkanes of at least 4 members (excludes halogenated alkanes) is 20. The summed E-state index contributed by atoms with van der Waals surface area (Å²) >= 11 is 0. The molecule has 0 fully saturated rings. The van der Waals surface area contributed by atoms with Gasteiger partial charge in [0.25, 0.3) is 0 Å². The number of carbonyl (C=O) groups is 2. The molecule has 0 heterocycles. The molecular weight excluding hydrogens is 741 g/mol. The van der Waals surface area contributed by atoms with E-state index in [9.17, 15) is 9.59 Å². The molecule has 0 amide bonds. The molecular formula is C55H94O5. The van der Waals surface area contributed by atoms with Gasteiger partial charge < -0.3 is 14.2 Å². The third-order valence-corrected chi connectivity index (χ3v) is 10.4. The lowest BCUT2D eigenvalue weighted by molar-refractivity contribution is -0.163. The zero-order valence-corrected chi connectivity index (χ0v) is 39.5. The molecule has 0 aliphatic rings. The second-order valence-corrected chi connectivity index (χ2v) is 16.3. The second-order valence-electron chi connectivity index (χ2n) is 16.3. The Bertz CT molecular complexity index is 1130. The zero-order chi connectivity index (χ0) is 43.5. The van der Waals surface area contributed by atoms with Crippen LogP contribution in [0.5, 0.6) is 0 Å². The van der Waals surface area contributed by atoms with Gasteiger partial charge in [0, 0.05) is 19.4 Å². The van der Waals surface area contributed by atoms with E-state index in [4.69, 9.17) is 14.2 Å². The Balaban J connectivity index is 4.31. The van der Waals surface area contributed by atoms with Crippen LogP contribution < -0.4 is 0 Å². The van der Waals surface area contributed by atoms with E-state index in [-0.39, 0.29) is 25.2 Å². The Hall–Kier alpha value is -2.92. The summed E-state index contributed by atoms with van der Waals surface area (Å²) in [4.78, 5) is 25.3. The summed E-state index contributed by atoms with van der Waals surface area (Å²) in [5, 5.41) is 0. The highest BCUT2D eigenvalue weighted by atomic mass is 16.6. The van der Waals surface area contributed by atoms with Gasteiger partial charge in [0.15, 0.2) is 6.10 Å². The summed E-state index contributed by atoms with van der Waals surface area (Å²) in [6, 6.07) is 0. The van der Waals surface area contributed by atoms with Crippen molar-refractivity contribution in [3.63, 3.8) is 0 Å². The maximum absolute atomic E-state index is 12.8. The molecule has 0 saturated carbocycles. The molecule has 0 N–H and O–H groups in total. The van der Waals surface area contributed by atoms with Crippen molar-refractivity contribution in [2.45, 2.75) is 232 Å². The predicted octanol–water partition coefficient (Wildman–Crippen LogP) is 16.9. The molecule has 344 valence electrons. The van der Waals surface area contributed by atoms with Crippen LogP contribution in [0.4, 0.5) is 0 Å². The minimum absolute atomic E-state index is 0.0652. The van der Waals surface area contributed by atoms with Gasteiger partial charge in [0.2, 0.25) is 0 Å². The quantitative estimate of drug-likeness (QED) is 0.0347. The zero-order valence-electron chi connectivity index (χ0n) is 39.5. The van der Waals surface area contributed by atoms with E-state index >= 15 is 0 Å². The molecule has 0 rings (SSSR count). The molecule has 5 heteroatoms. The Labute approximate surface area is 371 Å². The van der Waals surface area contributed by atoms with Gasteiger partial charge in [0.1, 0.15) is 6.61 Å². The molecule has 0 aliphatic heterocycles. The van der Waals surface area contributed by atoms with E-state index < -0.39 is 6.10 Å². The maximum Gasteiger partial charge on any atom is 0.306 e. The largest absolute Gasteiger partial charge is 0.462 e. The molecule has 0 radical (unpaired) electrons. The average molecular weight is 835 g/mol. The highest BCUT2D eigenvalue weighted by molar-refractivity contribution is 5.70. The maximum atomic E-state index is 12.8. The second kappa shape index (κ2) is 50.4. The predicted molar refractivity (Wildman–Crippen MR) is 260 cm³/mol. The number of allylic oxidation sites excluding steroid dienone is 14. The highest BCUT2D eigenvalue weighted by Crippen LogP contribution is 2.14. The molecule has 5 nitrogen and oxygen atoms in total. The van der Waals surface area contributed by atoms with Gasteiger partial charge in [-0.15, -0.1) is 0 Å². The molecule has 0 saturated heterocycles. The van der Waals surface area contributed by atoms with Crippen molar-refractivity contribution in [3.05, 3.63) is 85.1 Å². The van der Waals surface area contributed by atoms with E-state index in [2.05, 4.69) is 106 Å². The Morgan fingerprint density at radius 1 is 0.383 bits per heavy atom. The first-order valence-corrected chi connectivity index (χ1v) is 25.1. The summed E-state index contributed by atoms with van der Waals surface area (Å²) < 4.78 is 17.3. The lowest BCUT2D eigenvalue weighted by Gasteiger charge is -2.18. The van der Waals surface area contributed by atoms with Gasteiger partial charge >= 0.3 is 11.9 Å². The SMILES string of the molecule is CC/C=C\C/C=C\C/C=C\C/C=C\CCCCCOCC(COC(=O)CCCCCCCCC/C=C\C/C=C\C/C=C\CC)OC(=O)CCCCCCCCCCCCC. The van der Waals surface area contributed by atoms with E-state index in [0.29, 0.717) is 19.4 Å². The van der Waals surface area contributed by atoms with E-state index in [1.54, 1.807) is 0 Å². The fourth-order valence-corrected chi connectivity index (χ4v) is 6.75. The van der Waals surface area contributed by atoms with Crippen molar-refractivity contribution in [1.82, 2.24) is 0 Å². The highest BCUT2D eigenvalue weighted by Gasteiger charge is 2.17. The summed E-state index contributed by atoms with van der Waals surface area (Å²) in [7, 11) is 0. The summed E-state index contributed by atoms with van der Waals surface area (Å²) in [6.45, 7) is 7.52. The Morgan fingerprint density at radius 3 is 1.20 bits per heavy atom. The molecule has 1 atom stereocenters. The van der Waals surface area contributed by atoms with Gasteiger partial charge in [-0.1, -0.05) is 209 Å². The van der Waals surface area contributed by atoms with Crippen molar-refractivity contribution in [2.24, 2.45) is 0 Å². The Morgan fingerprint density at radius 2 is 0.750 bits per heavy atom. The standard InChI is InChI=1S/C55H94O5/c1-4-7-10-13-16-19-22-24-26-28-29-31-34-36-39-42-45-48-54(56)59-52-53(60-55(57)49-46-43-40-37-33-21-18-15-12-9-6-3)51-58-50-47-44-41-38-35-32-30-27-25-23-20-17-14-11-8-5-2/h7-8,10-11,16-17,19-20,24-27,32,35,53H,4-6,9,12-15,18,21-23,28-31,33-34,36-52H2,1-3H3/b10-7-,11-8-,19-16-,20-17-,26-24-,27-25-,35-32-. The Kier molecular flexibility index (Phi) is 48.0. The molecule has 0 aromatic carbocycles. The molecule has 1 unspecified atom stereocenters. The molecule has 0 aliphatic carbocycles. The van der Waals surface area contributed by atoms with E-state index in [1.165, 1.54) is 83.5 Å². The lowest BCUT2D eigenvalue weighted by Crippen LogP contribution is -2.30. The summed E-state index contributed by atoms with van der Waals surface area (Å²) in [5.41, 5.74) is 0. The van der Waals surface area contributed by atoms with Gasteiger partial charge in [-0.05, 0) is 89.9 Å². The number of hydrogen-bond acceptors (Lipinski definition) is 5. The average Bonchev–Trinajstić information content (AvgIpc) is 3.25. The number of esters is 2. The van der Waals surface area contributed by atoms with Crippen LogP contribution in [0.25, 0.3) is 0 Å². The first-order valence-electron chi connectivity index (χ1n) is 25.1. The minimum Gasteiger partial charge on any atom is -0.462 e. The van der Waals surface area contributed by atoms with Gasteiger partial charge in [0.05, 0.1) is 6.61 Å². The number of rotatable bonds is 45. The number of ether oxygens (including phenoxy) is 3. The monoisotopic (exact) mass is 835 g/mol. The van der Waals surface area contributed by atoms with Crippen molar-refractivity contribution < 1.29 is 23.8 Å². The van der Waals surface area contributed by atoms with Crippen LogP contribution in [0.2, 0.25) is 0 Å². The summed E-state index contributed by atoms with van der Waals surface area (Å²) in [6.07, 6.45) is 65.9. The van der Waals surface area contributed by atoms with Crippen LogP contribution in [0, 0.1) is 0 Å². The minimum atomic E-state index is -0.558. The van der Waals surface area contributed by atoms with E-state index in [1.807, 2.05) is 0 Å². The fourth-order valence-electron chi connectivity index (χ4n) is 6.75. The van der Waals surface area contributed by atoms with Crippen molar-refractivity contribution >= 4 is 11.9 Å². The van der Waals surface area contributed by atoms with Crippen LogP contribution in [0.15, 0.2) is 85.1 Å². The van der Waals surface area contributed by atoms with Crippen LogP contribution in [0.1, 0.15) is 226 Å². The van der Waals surface area contributed by atoms with Crippen LogP contribution in [0.3, 0.4) is 0 Å². The first kappa shape index (κ1) is 57.1. The molecule has 0 aromatic rings. The molecule has 0 aromatic heterocycles. The lowest BCUT2D eigenvalue weighted by atomic mass is 10.1. The summed E-state index contributed by atoms with van der Waals surface area (Å²) in [5.74, 6) is -0.427. The third-order valence-electron chi connectivity index (χ3n) is 10.4. The van der Waals surface area contributed by atoms with Crippen LogP contribution >= 0.6 is 0 Å². The molecule has 0 spiro atoms. The van der Waals surface area contributed by atoms with Gasteiger partial charge in [-0.3, -0.25) is 9.59 Å². The number of carbonyl (C=O) groups excluding carboxylic acids is 2. The topological polar surface area (TPSA) is 61.8 Å². The van der Waals surface area contributed by atoms with Crippen LogP contribution in [-0.2, 0) is 23.8 Å². The fraction of sp³-hybridized carbons (Fsp3) is 0.709. The van der Waals surface area contributed by atoms with Crippen molar-refractivity contribution in [1.29, 1.82) is 0 Å². The smallest absolute Gasteiger partial charge is 0.306 e. The van der Waals surface area contributed by atoms with Crippen molar-refractivity contribution in [2.75, 3.05) is 19.8 Å². The van der Waals surface area contributed by atoms with Gasteiger partial charge in [-0.25, -0.2) is 0 Å². The normalized spacial score (nSPS) is 12.9. The molecule has 0 bridgehead atoms.